The summed E-state index contributed by atoms with van der Waals surface area (Å²) in [6.45, 7) is 11.5. The summed E-state index contributed by atoms with van der Waals surface area (Å²) < 4.78 is 18.0. The molecule has 4 aliphatic rings. The highest BCUT2D eigenvalue weighted by atomic mass is 16.5. The van der Waals surface area contributed by atoms with Crippen molar-refractivity contribution in [2.75, 3.05) is 7.11 Å². The van der Waals surface area contributed by atoms with Gasteiger partial charge in [0.1, 0.15) is 29.3 Å². The number of ether oxygens (including phenoxy) is 3. The number of esters is 1. The molecule has 5 nitrogen and oxygen atoms in total. The van der Waals surface area contributed by atoms with E-state index in [4.69, 9.17) is 14.2 Å². The Morgan fingerprint density at radius 3 is 2.50 bits per heavy atom. The summed E-state index contributed by atoms with van der Waals surface area (Å²) in [6, 6.07) is 0. The third kappa shape index (κ3) is 2.36. The van der Waals surface area contributed by atoms with E-state index in [9.17, 15) is 9.90 Å². The van der Waals surface area contributed by atoms with Gasteiger partial charge in [0, 0.05) is 17.0 Å². The van der Waals surface area contributed by atoms with Crippen molar-refractivity contribution in [3.8, 4) is 11.5 Å². The van der Waals surface area contributed by atoms with Crippen molar-refractivity contribution >= 4 is 5.97 Å². The fraction of sp³-hybridized carbons (Fsp3) is 0.720. The highest BCUT2D eigenvalue weighted by Gasteiger charge is 2.62. The van der Waals surface area contributed by atoms with Gasteiger partial charge in [-0.2, -0.15) is 0 Å². The standard InChI is InChI=1S/C25H34O5/c1-13-15-12-29-22(27)19(15)21(28-6)14-11-17-24(4)9-8-18(26)23(2,3)16(24)7-10-25(17,5)30-20(13)14/h16-18,26H,7-12H2,1-6H3/t16-,17+,18-,24-,25-/m0/s1. The Balaban J connectivity index is 1.66. The first kappa shape index (κ1) is 20.2. The van der Waals surface area contributed by atoms with Gasteiger partial charge in [0.2, 0.25) is 0 Å². The number of methoxy groups -OCH3 is 1. The molecule has 0 bridgehead atoms. The van der Waals surface area contributed by atoms with E-state index in [0.29, 0.717) is 29.8 Å². The van der Waals surface area contributed by atoms with Gasteiger partial charge in [0.15, 0.2) is 0 Å². The zero-order valence-electron chi connectivity index (χ0n) is 19.1. The summed E-state index contributed by atoms with van der Waals surface area (Å²) in [5.74, 6) is 1.96. The molecule has 5 heteroatoms. The maximum atomic E-state index is 12.5. The molecule has 0 radical (unpaired) electrons. The number of cyclic esters (lactones) is 1. The van der Waals surface area contributed by atoms with E-state index in [1.54, 1.807) is 7.11 Å². The second-order valence-electron chi connectivity index (χ2n) is 11.0. The number of hydrogen-bond acceptors (Lipinski definition) is 5. The van der Waals surface area contributed by atoms with Crippen molar-refractivity contribution in [3.63, 3.8) is 0 Å². The second-order valence-corrected chi connectivity index (χ2v) is 11.0. The lowest BCUT2D eigenvalue weighted by Crippen LogP contribution is -2.63. The molecular formula is C25H34O5. The summed E-state index contributed by atoms with van der Waals surface area (Å²) in [5, 5.41) is 10.8. The Morgan fingerprint density at radius 2 is 1.80 bits per heavy atom. The Morgan fingerprint density at radius 1 is 1.07 bits per heavy atom. The molecule has 5 rings (SSSR count). The van der Waals surface area contributed by atoms with E-state index in [0.717, 1.165) is 54.5 Å². The van der Waals surface area contributed by atoms with Crippen LogP contribution in [0.15, 0.2) is 0 Å². The molecule has 30 heavy (non-hydrogen) atoms. The van der Waals surface area contributed by atoms with E-state index >= 15 is 0 Å². The SMILES string of the molecule is COc1c2c(c(C)c3c1C(=O)OC3)O[C@@]1(C)CC[C@H]3C(C)(C)[C@@H](O)CC[C@]3(C)[C@H]1C2. The predicted molar refractivity (Wildman–Crippen MR) is 113 cm³/mol. The summed E-state index contributed by atoms with van der Waals surface area (Å²) in [7, 11) is 1.64. The molecule has 1 N–H and O–H groups in total. The second kappa shape index (κ2) is 6.15. The topological polar surface area (TPSA) is 65.0 Å². The van der Waals surface area contributed by atoms with Crippen LogP contribution in [-0.2, 0) is 17.8 Å². The van der Waals surface area contributed by atoms with Crippen LogP contribution in [0.2, 0.25) is 0 Å². The Labute approximate surface area is 179 Å². The molecule has 0 saturated heterocycles. The van der Waals surface area contributed by atoms with Crippen molar-refractivity contribution < 1.29 is 24.1 Å². The number of carbonyl (C=O) groups is 1. The molecule has 0 amide bonds. The molecule has 0 aromatic heterocycles. The summed E-state index contributed by atoms with van der Waals surface area (Å²) in [6.07, 6.45) is 4.43. The van der Waals surface area contributed by atoms with Gasteiger partial charge < -0.3 is 19.3 Å². The van der Waals surface area contributed by atoms with Gasteiger partial charge >= 0.3 is 5.97 Å². The van der Waals surface area contributed by atoms with Crippen LogP contribution in [0.5, 0.6) is 11.5 Å². The van der Waals surface area contributed by atoms with Crippen molar-refractivity contribution in [1.82, 2.24) is 0 Å². The van der Waals surface area contributed by atoms with Crippen LogP contribution in [0.4, 0.5) is 0 Å². The Hall–Kier alpha value is -1.75. The van der Waals surface area contributed by atoms with Gasteiger partial charge in [-0.1, -0.05) is 20.8 Å². The number of rotatable bonds is 1. The van der Waals surface area contributed by atoms with Gasteiger partial charge in [-0.15, -0.1) is 0 Å². The van der Waals surface area contributed by atoms with Crippen molar-refractivity contribution in [2.45, 2.75) is 85.0 Å². The first-order valence-corrected chi connectivity index (χ1v) is 11.3. The van der Waals surface area contributed by atoms with Gasteiger partial charge in [-0.3, -0.25) is 0 Å². The average molecular weight is 415 g/mol. The van der Waals surface area contributed by atoms with Crippen LogP contribution < -0.4 is 9.47 Å². The Bertz CT molecular complexity index is 934. The highest BCUT2D eigenvalue weighted by molar-refractivity contribution is 5.98. The van der Waals surface area contributed by atoms with Crippen molar-refractivity contribution in [3.05, 3.63) is 22.3 Å². The first-order valence-electron chi connectivity index (χ1n) is 11.3. The van der Waals surface area contributed by atoms with E-state index in [1.807, 2.05) is 6.92 Å². The molecule has 0 spiro atoms. The number of carbonyl (C=O) groups excluding carboxylic acids is 1. The third-order valence-corrected chi connectivity index (χ3v) is 9.34. The fourth-order valence-electron chi connectivity index (χ4n) is 7.60. The van der Waals surface area contributed by atoms with Crippen LogP contribution >= 0.6 is 0 Å². The summed E-state index contributed by atoms with van der Waals surface area (Å²) in [5.41, 5.74) is 3.20. The lowest BCUT2D eigenvalue weighted by molar-refractivity contribution is -0.191. The van der Waals surface area contributed by atoms with Crippen LogP contribution in [0, 0.1) is 29.6 Å². The smallest absolute Gasteiger partial charge is 0.342 e. The summed E-state index contributed by atoms with van der Waals surface area (Å²) >= 11 is 0. The molecule has 1 aromatic rings. The molecule has 164 valence electrons. The number of fused-ring (bicyclic) bond motifs is 5. The number of aliphatic hydroxyl groups is 1. The van der Waals surface area contributed by atoms with Gasteiger partial charge in [-0.05, 0) is 68.3 Å². The quantitative estimate of drug-likeness (QED) is 0.682. The average Bonchev–Trinajstić information content (AvgIpc) is 3.07. The lowest BCUT2D eigenvalue weighted by Gasteiger charge is -2.64. The van der Waals surface area contributed by atoms with Crippen LogP contribution in [-0.4, -0.2) is 29.9 Å². The molecular weight excluding hydrogens is 380 g/mol. The minimum Gasteiger partial charge on any atom is -0.495 e. The van der Waals surface area contributed by atoms with E-state index in [-0.39, 0.29) is 28.5 Å². The summed E-state index contributed by atoms with van der Waals surface area (Å²) in [4.78, 5) is 12.5. The fourth-order valence-corrected chi connectivity index (χ4v) is 7.60. The van der Waals surface area contributed by atoms with Gasteiger partial charge in [0.05, 0.1) is 13.2 Å². The van der Waals surface area contributed by atoms with Gasteiger partial charge in [-0.25, -0.2) is 4.79 Å². The van der Waals surface area contributed by atoms with Crippen molar-refractivity contribution in [1.29, 1.82) is 0 Å². The highest BCUT2D eigenvalue weighted by Crippen LogP contribution is 2.65. The maximum Gasteiger partial charge on any atom is 0.342 e. The zero-order valence-corrected chi connectivity index (χ0v) is 19.1. The van der Waals surface area contributed by atoms with Crippen LogP contribution in [0.3, 0.4) is 0 Å². The third-order valence-electron chi connectivity index (χ3n) is 9.34. The molecule has 2 fully saturated rings. The maximum absolute atomic E-state index is 12.5. The number of benzene rings is 1. The van der Waals surface area contributed by atoms with E-state index in [1.165, 1.54) is 0 Å². The number of hydrogen-bond donors (Lipinski definition) is 1. The molecule has 0 unspecified atom stereocenters. The van der Waals surface area contributed by atoms with Crippen LogP contribution in [0.25, 0.3) is 0 Å². The van der Waals surface area contributed by atoms with Crippen molar-refractivity contribution in [2.24, 2.45) is 22.7 Å². The molecule has 5 atom stereocenters. The minimum atomic E-state index is -0.296. The monoisotopic (exact) mass is 414 g/mol. The largest absolute Gasteiger partial charge is 0.495 e. The Kier molecular flexibility index (Phi) is 4.14. The molecule has 2 heterocycles. The first-order chi connectivity index (χ1) is 14.0. The minimum absolute atomic E-state index is 0.0614. The zero-order chi connectivity index (χ0) is 21.6. The molecule has 2 aliphatic carbocycles. The lowest BCUT2D eigenvalue weighted by atomic mass is 9.44. The molecule has 1 aromatic carbocycles. The predicted octanol–water partition coefficient (Wildman–Crippen LogP) is 4.58. The van der Waals surface area contributed by atoms with E-state index in [2.05, 4.69) is 27.7 Å². The molecule has 2 aliphatic heterocycles. The van der Waals surface area contributed by atoms with E-state index < -0.39 is 0 Å². The van der Waals surface area contributed by atoms with Gasteiger partial charge in [0.25, 0.3) is 0 Å². The van der Waals surface area contributed by atoms with Crippen LogP contribution in [0.1, 0.15) is 80.4 Å². The number of aliphatic hydroxyl groups excluding tert-OH is 1. The normalized spacial score (nSPS) is 38.5. The molecule has 2 saturated carbocycles.